The topological polar surface area (TPSA) is 52.0 Å². The first-order valence-corrected chi connectivity index (χ1v) is 3.49. The van der Waals surface area contributed by atoms with E-state index in [-0.39, 0.29) is 0 Å². The normalized spacial score (nSPS) is 9.55. The summed E-state index contributed by atoms with van der Waals surface area (Å²) < 4.78 is 0. The highest BCUT2D eigenvalue weighted by molar-refractivity contribution is 5.63. The van der Waals surface area contributed by atoms with Gasteiger partial charge in [0.2, 0.25) is 0 Å². The summed E-state index contributed by atoms with van der Waals surface area (Å²) in [6.45, 7) is 4.17. The van der Waals surface area contributed by atoms with Gasteiger partial charge in [0.05, 0.1) is 0 Å². The fourth-order valence-electron chi connectivity index (χ4n) is 0.937. The van der Waals surface area contributed by atoms with Crippen LogP contribution >= 0.6 is 0 Å². The molecular formula is C9H12N2. The quantitative estimate of drug-likeness (QED) is 0.622. The molecule has 0 spiro atoms. The molecule has 0 heterocycles. The Morgan fingerprint density at radius 1 is 1.45 bits per heavy atom. The van der Waals surface area contributed by atoms with Crippen molar-refractivity contribution in [1.82, 2.24) is 0 Å². The molecule has 1 aromatic rings. The third kappa shape index (κ3) is 1.59. The minimum absolute atomic E-state index is 0.529. The Hall–Kier alpha value is -1.28. The molecule has 0 aromatic heterocycles. The van der Waals surface area contributed by atoms with E-state index in [0.717, 1.165) is 16.8 Å². The number of anilines is 1. The zero-order chi connectivity index (χ0) is 8.27. The predicted octanol–water partition coefficient (Wildman–Crippen LogP) is 1.37. The lowest BCUT2D eigenvalue weighted by molar-refractivity contribution is 1.07. The Balaban J connectivity index is 3.09. The van der Waals surface area contributed by atoms with Crippen LogP contribution in [0.25, 0.3) is 6.08 Å². The van der Waals surface area contributed by atoms with Crippen molar-refractivity contribution in [2.24, 2.45) is 5.73 Å². The van der Waals surface area contributed by atoms with Crippen molar-refractivity contribution in [2.75, 3.05) is 5.73 Å². The van der Waals surface area contributed by atoms with Gasteiger partial charge in [-0.1, -0.05) is 24.8 Å². The molecule has 1 rings (SSSR count). The van der Waals surface area contributed by atoms with Crippen LogP contribution in [0.1, 0.15) is 11.1 Å². The molecule has 0 atom stereocenters. The van der Waals surface area contributed by atoms with Gasteiger partial charge in [-0.05, 0) is 17.2 Å². The Kier molecular flexibility index (Phi) is 2.28. The van der Waals surface area contributed by atoms with E-state index in [9.17, 15) is 0 Å². The van der Waals surface area contributed by atoms with E-state index in [2.05, 4.69) is 6.58 Å². The summed E-state index contributed by atoms with van der Waals surface area (Å²) in [6.07, 6.45) is 1.73. The van der Waals surface area contributed by atoms with Crippen LogP contribution in [-0.2, 0) is 6.54 Å². The van der Waals surface area contributed by atoms with E-state index >= 15 is 0 Å². The van der Waals surface area contributed by atoms with Crippen LogP contribution in [-0.4, -0.2) is 0 Å². The molecule has 0 aliphatic heterocycles. The SMILES string of the molecule is C=Cc1ccc(CN)cc1N. The molecule has 1 aromatic carbocycles. The number of nitrogens with two attached hydrogens (primary N) is 2. The number of rotatable bonds is 2. The second kappa shape index (κ2) is 3.21. The summed E-state index contributed by atoms with van der Waals surface area (Å²) >= 11 is 0. The summed E-state index contributed by atoms with van der Waals surface area (Å²) in [5.41, 5.74) is 13.9. The van der Waals surface area contributed by atoms with Gasteiger partial charge >= 0.3 is 0 Å². The van der Waals surface area contributed by atoms with Gasteiger partial charge in [0.25, 0.3) is 0 Å². The lowest BCUT2D eigenvalue weighted by Crippen LogP contribution is -1.98. The Morgan fingerprint density at radius 3 is 2.64 bits per heavy atom. The smallest absolute Gasteiger partial charge is 0.0390 e. The van der Waals surface area contributed by atoms with Crippen LogP contribution in [0, 0.1) is 0 Å². The number of nitrogen functional groups attached to an aromatic ring is 1. The molecule has 0 saturated heterocycles. The molecule has 2 heteroatoms. The highest BCUT2D eigenvalue weighted by Gasteiger charge is 1.94. The summed E-state index contributed by atoms with van der Waals surface area (Å²) in [5.74, 6) is 0. The fourth-order valence-corrected chi connectivity index (χ4v) is 0.937. The van der Waals surface area contributed by atoms with Gasteiger partial charge in [-0.3, -0.25) is 0 Å². The maximum atomic E-state index is 5.68. The van der Waals surface area contributed by atoms with Gasteiger partial charge < -0.3 is 11.5 Å². The largest absolute Gasteiger partial charge is 0.398 e. The first-order chi connectivity index (χ1) is 5.27. The molecular weight excluding hydrogens is 136 g/mol. The maximum absolute atomic E-state index is 5.68. The monoisotopic (exact) mass is 148 g/mol. The summed E-state index contributed by atoms with van der Waals surface area (Å²) in [7, 11) is 0. The number of hydrogen-bond donors (Lipinski definition) is 2. The average molecular weight is 148 g/mol. The van der Waals surface area contributed by atoms with Gasteiger partial charge in [-0.2, -0.15) is 0 Å². The van der Waals surface area contributed by atoms with E-state index in [1.165, 1.54) is 0 Å². The van der Waals surface area contributed by atoms with Gasteiger partial charge in [-0.15, -0.1) is 0 Å². The van der Waals surface area contributed by atoms with Crippen molar-refractivity contribution in [1.29, 1.82) is 0 Å². The van der Waals surface area contributed by atoms with Gasteiger partial charge in [0, 0.05) is 12.2 Å². The van der Waals surface area contributed by atoms with Crippen molar-refractivity contribution in [3.63, 3.8) is 0 Å². The van der Waals surface area contributed by atoms with E-state index in [4.69, 9.17) is 11.5 Å². The highest BCUT2D eigenvalue weighted by Crippen LogP contribution is 2.14. The first-order valence-electron chi connectivity index (χ1n) is 3.49. The Bertz CT molecular complexity index is 266. The zero-order valence-corrected chi connectivity index (χ0v) is 6.38. The summed E-state index contributed by atoms with van der Waals surface area (Å²) in [4.78, 5) is 0. The third-order valence-corrected chi connectivity index (χ3v) is 1.61. The number of hydrogen-bond acceptors (Lipinski definition) is 2. The molecule has 0 aliphatic rings. The van der Waals surface area contributed by atoms with E-state index in [1.807, 2.05) is 18.2 Å². The molecule has 4 N–H and O–H groups in total. The minimum atomic E-state index is 0.529. The second-order valence-electron chi connectivity index (χ2n) is 2.37. The zero-order valence-electron chi connectivity index (χ0n) is 6.38. The Morgan fingerprint density at radius 2 is 2.18 bits per heavy atom. The van der Waals surface area contributed by atoms with Crippen LogP contribution in [0.15, 0.2) is 24.8 Å². The molecule has 0 amide bonds. The molecule has 0 saturated carbocycles. The molecule has 0 fully saturated rings. The molecule has 2 nitrogen and oxygen atoms in total. The molecule has 0 radical (unpaired) electrons. The van der Waals surface area contributed by atoms with Crippen molar-refractivity contribution < 1.29 is 0 Å². The minimum Gasteiger partial charge on any atom is -0.398 e. The lowest BCUT2D eigenvalue weighted by Gasteiger charge is -2.01. The van der Waals surface area contributed by atoms with Crippen LogP contribution in [0.4, 0.5) is 5.69 Å². The van der Waals surface area contributed by atoms with E-state index < -0.39 is 0 Å². The summed E-state index contributed by atoms with van der Waals surface area (Å²) in [6, 6.07) is 5.74. The highest BCUT2D eigenvalue weighted by atomic mass is 14.6. The van der Waals surface area contributed by atoms with Gasteiger partial charge in [-0.25, -0.2) is 0 Å². The maximum Gasteiger partial charge on any atom is 0.0390 e. The van der Waals surface area contributed by atoms with E-state index in [0.29, 0.717) is 6.54 Å². The molecule has 0 bridgehead atoms. The van der Waals surface area contributed by atoms with Crippen LogP contribution < -0.4 is 11.5 Å². The molecule has 0 unspecified atom stereocenters. The molecule has 0 aliphatic carbocycles. The molecule has 58 valence electrons. The third-order valence-electron chi connectivity index (χ3n) is 1.61. The summed E-state index contributed by atoms with van der Waals surface area (Å²) in [5, 5.41) is 0. The predicted molar refractivity (Wildman–Crippen MR) is 48.8 cm³/mol. The van der Waals surface area contributed by atoms with Crippen molar-refractivity contribution in [3.05, 3.63) is 35.9 Å². The van der Waals surface area contributed by atoms with Crippen molar-refractivity contribution in [3.8, 4) is 0 Å². The van der Waals surface area contributed by atoms with Gasteiger partial charge in [0.1, 0.15) is 0 Å². The van der Waals surface area contributed by atoms with Crippen molar-refractivity contribution >= 4 is 11.8 Å². The van der Waals surface area contributed by atoms with Crippen molar-refractivity contribution in [2.45, 2.75) is 6.54 Å². The average Bonchev–Trinajstić information content (AvgIpc) is 2.04. The van der Waals surface area contributed by atoms with Crippen LogP contribution in [0.3, 0.4) is 0 Å². The standard InChI is InChI=1S/C9H12N2/c1-2-8-4-3-7(6-10)5-9(8)11/h2-5H,1,6,10-11H2. The van der Waals surface area contributed by atoms with Crippen LogP contribution in [0.5, 0.6) is 0 Å². The van der Waals surface area contributed by atoms with Crippen LogP contribution in [0.2, 0.25) is 0 Å². The Labute approximate surface area is 66.5 Å². The van der Waals surface area contributed by atoms with Gasteiger partial charge in [0.15, 0.2) is 0 Å². The number of benzene rings is 1. The fraction of sp³-hybridized carbons (Fsp3) is 0.111. The first kappa shape index (κ1) is 7.82. The van der Waals surface area contributed by atoms with E-state index in [1.54, 1.807) is 6.08 Å². The molecule has 11 heavy (non-hydrogen) atoms. The second-order valence-corrected chi connectivity index (χ2v) is 2.37. The lowest BCUT2D eigenvalue weighted by atomic mass is 10.1.